The molecule has 1 unspecified atom stereocenters. The predicted molar refractivity (Wildman–Crippen MR) is 101 cm³/mol. The van der Waals surface area contributed by atoms with Crippen molar-refractivity contribution in [3.8, 4) is 0 Å². The van der Waals surface area contributed by atoms with Crippen molar-refractivity contribution < 1.29 is 5.11 Å². The summed E-state index contributed by atoms with van der Waals surface area (Å²) in [5.41, 5.74) is 1.14. The molecule has 21 heavy (non-hydrogen) atoms. The summed E-state index contributed by atoms with van der Waals surface area (Å²) in [4.78, 5) is 4.53. The molecule has 1 rings (SSSR count). The third-order valence-corrected chi connectivity index (χ3v) is 2.97. The monoisotopic (exact) mass is 405 g/mol. The van der Waals surface area contributed by atoms with Gasteiger partial charge in [0.1, 0.15) is 0 Å². The van der Waals surface area contributed by atoms with Crippen molar-refractivity contribution in [2.75, 3.05) is 26.2 Å². The van der Waals surface area contributed by atoms with Crippen molar-refractivity contribution in [1.29, 1.82) is 0 Å². The van der Waals surface area contributed by atoms with Crippen LogP contribution in [-0.2, 0) is 0 Å². The average molecular weight is 405 g/mol. The highest BCUT2D eigenvalue weighted by atomic mass is 127. The van der Waals surface area contributed by atoms with Gasteiger partial charge in [0.05, 0.1) is 6.61 Å². The molecule has 0 saturated heterocycles. The number of benzene rings is 1. The Morgan fingerprint density at radius 2 is 1.86 bits per heavy atom. The quantitative estimate of drug-likeness (QED) is 0.371. The summed E-state index contributed by atoms with van der Waals surface area (Å²) < 4.78 is 0. The molecule has 0 aliphatic rings. The first kappa shape index (κ1) is 20.2. The lowest BCUT2D eigenvalue weighted by Crippen LogP contribution is -2.40. The standard InChI is InChI=1S/C16H27N3O.HI/c1-4-17-16(18-10-13(2)3)19-11-15(12-20)14-8-6-5-7-9-14;/h5-9,13,15,20H,4,10-12H2,1-3H3,(H2,17,18,19);1H. The van der Waals surface area contributed by atoms with Crippen molar-refractivity contribution >= 4 is 29.9 Å². The van der Waals surface area contributed by atoms with Gasteiger partial charge in [0.15, 0.2) is 5.96 Å². The zero-order chi connectivity index (χ0) is 14.8. The van der Waals surface area contributed by atoms with Gasteiger partial charge in [-0.1, -0.05) is 44.2 Å². The maximum absolute atomic E-state index is 9.54. The second kappa shape index (κ2) is 11.8. The van der Waals surface area contributed by atoms with E-state index in [2.05, 4.69) is 29.5 Å². The molecule has 120 valence electrons. The summed E-state index contributed by atoms with van der Waals surface area (Å²) >= 11 is 0. The summed E-state index contributed by atoms with van der Waals surface area (Å²) in [6.45, 7) is 8.77. The SMILES string of the molecule is CCNC(=NCC(C)C)NCC(CO)c1ccccc1.I. The molecule has 1 aromatic rings. The van der Waals surface area contributed by atoms with Crippen molar-refractivity contribution in [3.63, 3.8) is 0 Å². The van der Waals surface area contributed by atoms with Gasteiger partial charge in [0, 0.05) is 25.6 Å². The van der Waals surface area contributed by atoms with E-state index >= 15 is 0 Å². The smallest absolute Gasteiger partial charge is 0.191 e. The molecular weight excluding hydrogens is 377 g/mol. The number of guanidine groups is 1. The van der Waals surface area contributed by atoms with Crippen LogP contribution >= 0.6 is 24.0 Å². The lowest BCUT2D eigenvalue weighted by Gasteiger charge is -2.18. The molecule has 0 aromatic heterocycles. The van der Waals surface area contributed by atoms with Gasteiger partial charge in [0.2, 0.25) is 0 Å². The Kier molecular flexibility index (Phi) is 11.3. The number of nitrogens with zero attached hydrogens (tertiary/aromatic N) is 1. The maximum atomic E-state index is 9.54. The van der Waals surface area contributed by atoms with Crippen molar-refractivity contribution in [2.24, 2.45) is 10.9 Å². The van der Waals surface area contributed by atoms with E-state index in [-0.39, 0.29) is 36.5 Å². The Morgan fingerprint density at radius 3 is 2.38 bits per heavy atom. The number of hydrogen-bond acceptors (Lipinski definition) is 2. The van der Waals surface area contributed by atoms with Gasteiger partial charge in [-0.05, 0) is 18.4 Å². The van der Waals surface area contributed by atoms with Crippen LogP contribution in [-0.4, -0.2) is 37.3 Å². The van der Waals surface area contributed by atoms with Gasteiger partial charge in [-0.15, -0.1) is 24.0 Å². The van der Waals surface area contributed by atoms with E-state index in [1.807, 2.05) is 37.3 Å². The van der Waals surface area contributed by atoms with E-state index in [4.69, 9.17) is 0 Å². The summed E-state index contributed by atoms with van der Waals surface area (Å²) in [5, 5.41) is 16.1. The Hall–Kier alpha value is -0.820. The molecule has 0 bridgehead atoms. The maximum Gasteiger partial charge on any atom is 0.191 e. The first-order valence-electron chi connectivity index (χ1n) is 7.35. The summed E-state index contributed by atoms with van der Waals surface area (Å²) in [7, 11) is 0. The zero-order valence-corrected chi connectivity index (χ0v) is 15.5. The normalized spacial score (nSPS) is 12.7. The van der Waals surface area contributed by atoms with Crippen LogP contribution in [0.4, 0.5) is 0 Å². The minimum absolute atomic E-state index is 0. The van der Waals surface area contributed by atoms with E-state index in [0.29, 0.717) is 12.5 Å². The van der Waals surface area contributed by atoms with Gasteiger partial charge in [-0.25, -0.2) is 0 Å². The third kappa shape index (κ3) is 8.26. The number of aliphatic hydroxyl groups excluding tert-OH is 1. The van der Waals surface area contributed by atoms with Gasteiger partial charge in [0.25, 0.3) is 0 Å². The van der Waals surface area contributed by atoms with Gasteiger partial charge < -0.3 is 15.7 Å². The molecule has 0 radical (unpaired) electrons. The molecule has 0 amide bonds. The van der Waals surface area contributed by atoms with E-state index in [1.165, 1.54) is 0 Å². The van der Waals surface area contributed by atoms with E-state index in [0.717, 1.165) is 24.6 Å². The average Bonchev–Trinajstić information content (AvgIpc) is 2.46. The van der Waals surface area contributed by atoms with Crippen molar-refractivity contribution in [1.82, 2.24) is 10.6 Å². The van der Waals surface area contributed by atoms with Crippen LogP contribution in [0.1, 0.15) is 32.3 Å². The van der Waals surface area contributed by atoms with E-state index < -0.39 is 0 Å². The lowest BCUT2D eigenvalue weighted by atomic mass is 10.0. The van der Waals surface area contributed by atoms with E-state index in [9.17, 15) is 5.11 Å². The van der Waals surface area contributed by atoms with Gasteiger partial charge >= 0.3 is 0 Å². The number of hydrogen-bond donors (Lipinski definition) is 3. The Balaban J connectivity index is 0.00000400. The van der Waals surface area contributed by atoms with Gasteiger partial charge in [-0.3, -0.25) is 4.99 Å². The van der Waals surface area contributed by atoms with Crippen LogP contribution in [0.2, 0.25) is 0 Å². The summed E-state index contributed by atoms with van der Waals surface area (Å²) in [6, 6.07) is 10.1. The first-order valence-corrected chi connectivity index (χ1v) is 7.35. The molecule has 0 heterocycles. The van der Waals surface area contributed by atoms with Crippen LogP contribution in [0.3, 0.4) is 0 Å². The topological polar surface area (TPSA) is 56.7 Å². The predicted octanol–water partition coefficient (Wildman–Crippen LogP) is 2.59. The molecule has 0 spiro atoms. The largest absolute Gasteiger partial charge is 0.396 e. The van der Waals surface area contributed by atoms with Crippen molar-refractivity contribution in [3.05, 3.63) is 35.9 Å². The third-order valence-electron chi connectivity index (χ3n) is 2.97. The highest BCUT2D eigenvalue weighted by molar-refractivity contribution is 14.0. The van der Waals surface area contributed by atoms with Crippen molar-refractivity contribution in [2.45, 2.75) is 26.7 Å². The minimum atomic E-state index is 0. The van der Waals surface area contributed by atoms with Crippen LogP contribution in [0.25, 0.3) is 0 Å². The van der Waals surface area contributed by atoms with Gasteiger partial charge in [-0.2, -0.15) is 0 Å². The van der Waals surface area contributed by atoms with E-state index in [1.54, 1.807) is 0 Å². The molecule has 0 fully saturated rings. The fraction of sp³-hybridized carbons (Fsp3) is 0.562. The molecule has 0 aliphatic carbocycles. The number of aliphatic hydroxyl groups is 1. The Labute approximate surface area is 145 Å². The molecular formula is C16H28IN3O. The molecule has 1 atom stereocenters. The molecule has 5 heteroatoms. The molecule has 3 N–H and O–H groups in total. The molecule has 0 saturated carbocycles. The fourth-order valence-electron chi connectivity index (χ4n) is 1.85. The summed E-state index contributed by atoms with van der Waals surface area (Å²) in [6.07, 6.45) is 0. The highest BCUT2D eigenvalue weighted by Crippen LogP contribution is 2.13. The van der Waals surface area contributed by atoms with Crippen LogP contribution in [0.5, 0.6) is 0 Å². The molecule has 4 nitrogen and oxygen atoms in total. The molecule has 1 aromatic carbocycles. The zero-order valence-electron chi connectivity index (χ0n) is 13.2. The summed E-state index contributed by atoms with van der Waals surface area (Å²) in [5.74, 6) is 1.43. The van der Waals surface area contributed by atoms with Crippen LogP contribution < -0.4 is 10.6 Å². The Morgan fingerprint density at radius 1 is 1.19 bits per heavy atom. The fourth-order valence-corrected chi connectivity index (χ4v) is 1.85. The van der Waals surface area contributed by atoms with Crippen LogP contribution in [0.15, 0.2) is 35.3 Å². The second-order valence-corrected chi connectivity index (χ2v) is 5.28. The first-order chi connectivity index (χ1) is 9.67. The highest BCUT2D eigenvalue weighted by Gasteiger charge is 2.10. The Bertz CT molecular complexity index is 396. The minimum Gasteiger partial charge on any atom is -0.396 e. The number of aliphatic imine (C=N–C) groups is 1. The number of rotatable bonds is 7. The van der Waals surface area contributed by atoms with Crippen LogP contribution in [0, 0.1) is 5.92 Å². The number of halogens is 1. The molecule has 0 aliphatic heterocycles. The second-order valence-electron chi connectivity index (χ2n) is 5.28. The lowest BCUT2D eigenvalue weighted by molar-refractivity contribution is 0.265. The number of nitrogens with one attached hydrogen (secondary N) is 2.